The normalized spacial score (nSPS) is 10.0. The van der Waals surface area contributed by atoms with Crippen molar-refractivity contribution in [2.45, 2.75) is 6.92 Å². The van der Waals surface area contributed by atoms with Crippen molar-refractivity contribution in [2.24, 2.45) is 0 Å². The Morgan fingerprint density at radius 2 is 2.12 bits per heavy atom. The van der Waals surface area contributed by atoms with Gasteiger partial charge < -0.3 is 10.1 Å². The quantitative estimate of drug-likeness (QED) is 0.876. The van der Waals surface area contributed by atoms with Crippen LogP contribution >= 0.6 is 0 Å². The molecule has 88 valence electrons. The monoisotopic (exact) mass is 232 g/mol. The lowest BCUT2D eigenvalue weighted by atomic mass is 10.3. The Balaban J connectivity index is 2.18. The Morgan fingerprint density at radius 3 is 2.88 bits per heavy atom. The molecule has 0 amide bonds. The smallest absolute Gasteiger partial charge is 0.165 e. The van der Waals surface area contributed by atoms with Gasteiger partial charge in [-0.25, -0.2) is 9.37 Å². The van der Waals surface area contributed by atoms with E-state index in [4.69, 9.17) is 4.74 Å². The number of nitrogens with zero attached hydrogens (tertiary/aromatic N) is 1. The predicted octanol–water partition coefficient (Wildman–Crippen LogP) is 3.44. The van der Waals surface area contributed by atoms with Gasteiger partial charge in [0.1, 0.15) is 11.6 Å². The van der Waals surface area contributed by atoms with E-state index in [1.807, 2.05) is 6.92 Å². The van der Waals surface area contributed by atoms with Crippen molar-refractivity contribution in [3.63, 3.8) is 0 Å². The zero-order valence-electron chi connectivity index (χ0n) is 9.48. The molecular weight excluding hydrogens is 219 g/mol. The van der Waals surface area contributed by atoms with E-state index in [9.17, 15) is 4.39 Å². The first-order chi connectivity index (χ1) is 8.29. The number of halogens is 1. The van der Waals surface area contributed by atoms with Crippen LogP contribution in [0.3, 0.4) is 0 Å². The molecule has 0 aliphatic rings. The summed E-state index contributed by atoms with van der Waals surface area (Å²) in [5, 5.41) is 3.06. The van der Waals surface area contributed by atoms with Crippen LogP contribution in [0.4, 0.5) is 10.2 Å². The molecule has 1 aromatic heterocycles. The van der Waals surface area contributed by atoms with E-state index in [-0.39, 0.29) is 11.6 Å². The van der Waals surface area contributed by atoms with E-state index in [0.29, 0.717) is 11.6 Å². The molecule has 2 rings (SSSR count). The molecule has 0 fully saturated rings. The van der Waals surface area contributed by atoms with Gasteiger partial charge in [0.05, 0.1) is 0 Å². The summed E-state index contributed by atoms with van der Waals surface area (Å²) in [5.41, 5.74) is 0. The molecule has 0 atom stereocenters. The topological polar surface area (TPSA) is 34.1 Å². The minimum absolute atomic E-state index is 0.209. The number of anilines is 1. The fraction of sp³-hybridized carbons (Fsp3) is 0.154. The van der Waals surface area contributed by atoms with Crippen molar-refractivity contribution < 1.29 is 9.13 Å². The summed E-state index contributed by atoms with van der Waals surface area (Å²) in [6.45, 7) is 2.75. The summed E-state index contributed by atoms with van der Waals surface area (Å²) in [6.07, 6.45) is 1.62. The number of hydrogen-bond donors (Lipinski definition) is 1. The number of pyridine rings is 1. The summed E-state index contributed by atoms with van der Waals surface area (Å²) in [7, 11) is 0. The third-order valence-corrected chi connectivity index (χ3v) is 2.15. The number of benzene rings is 1. The van der Waals surface area contributed by atoms with Crippen LogP contribution in [0.15, 0.2) is 42.6 Å². The first-order valence-corrected chi connectivity index (χ1v) is 5.42. The Bertz CT molecular complexity index is 502. The molecule has 17 heavy (non-hydrogen) atoms. The lowest BCUT2D eigenvalue weighted by Gasteiger charge is -2.08. The standard InChI is InChI=1S/C13H13FN2O/c1-2-15-13-9-10(7-8-16-13)17-12-6-4-3-5-11(12)14/h3-9H,2H2,1H3,(H,15,16). The van der Waals surface area contributed by atoms with Crippen LogP contribution in [0.25, 0.3) is 0 Å². The largest absolute Gasteiger partial charge is 0.454 e. The molecule has 1 aromatic carbocycles. The molecule has 4 heteroatoms. The van der Waals surface area contributed by atoms with E-state index < -0.39 is 0 Å². The molecule has 0 radical (unpaired) electrons. The van der Waals surface area contributed by atoms with Crippen molar-refractivity contribution in [1.82, 2.24) is 4.98 Å². The van der Waals surface area contributed by atoms with Crippen LogP contribution in [0, 0.1) is 5.82 Å². The third kappa shape index (κ3) is 2.93. The first-order valence-electron chi connectivity index (χ1n) is 5.42. The Kier molecular flexibility index (Phi) is 3.55. The molecule has 0 aliphatic carbocycles. The van der Waals surface area contributed by atoms with Gasteiger partial charge in [-0.2, -0.15) is 0 Å². The Morgan fingerprint density at radius 1 is 1.29 bits per heavy atom. The number of nitrogens with one attached hydrogen (secondary N) is 1. The lowest BCUT2D eigenvalue weighted by Crippen LogP contribution is -1.99. The van der Waals surface area contributed by atoms with Crippen LogP contribution in [-0.4, -0.2) is 11.5 Å². The fourth-order valence-electron chi connectivity index (χ4n) is 1.41. The Hall–Kier alpha value is -2.10. The maximum atomic E-state index is 13.4. The van der Waals surface area contributed by atoms with Crippen LogP contribution in [-0.2, 0) is 0 Å². The molecule has 0 bridgehead atoms. The number of rotatable bonds is 4. The van der Waals surface area contributed by atoms with E-state index in [0.717, 1.165) is 6.54 Å². The van der Waals surface area contributed by atoms with Crippen LogP contribution < -0.4 is 10.1 Å². The van der Waals surface area contributed by atoms with Gasteiger partial charge in [-0.1, -0.05) is 12.1 Å². The summed E-state index contributed by atoms with van der Waals surface area (Å²) < 4.78 is 18.8. The third-order valence-electron chi connectivity index (χ3n) is 2.15. The summed E-state index contributed by atoms with van der Waals surface area (Å²) in [6, 6.07) is 9.72. The van der Waals surface area contributed by atoms with Crippen molar-refractivity contribution in [3.8, 4) is 11.5 Å². The van der Waals surface area contributed by atoms with Crippen LogP contribution in [0.1, 0.15) is 6.92 Å². The van der Waals surface area contributed by atoms with E-state index in [2.05, 4.69) is 10.3 Å². The van der Waals surface area contributed by atoms with E-state index in [1.54, 1.807) is 36.5 Å². The molecule has 1 N–H and O–H groups in total. The predicted molar refractivity (Wildman–Crippen MR) is 64.9 cm³/mol. The summed E-state index contributed by atoms with van der Waals surface area (Å²) in [5.74, 6) is 1.10. The maximum Gasteiger partial charge on any atom is 0.165 e. The molecule has 2 aromatic rings. The Labute approximate surface area is 99.3 Å². The zero-order chi connectivity index (χ0) is 12.1. The second-order valence-electron chi connectivity index (χ2n) is 3.44. The van der Waals surface area contributed by atoms with Crippen LogP contribution in [0.5, 0.6) is 11.5 Å². The maximum absolute atomic E-state index is 13.4. The SMILES string of the molecule is CCNc1cc(Oc2ccccc2F)ccn1. The molecule has 1 heterocycles. The first kappa shape index (κ1) is 11.4. The molecular formula is C13H13FN2O. The molecule has 3 nitrogen and oxygen atoms in total. The second kappa shape index (κ2) is 5.30. The minimum Gasteiger partial charge on any atom is -0.454 e. The highest BCUT2D eigenvalue weighted by Crippen LogP contribution is 2.24. The number of ether oxygens (including phenoxy) is 1. The van der Waals surface area contributed by atoms with Crippen molar-refractivity contribution in [3.05, 3.63) is 48.4 Å². The molecule has 0 spiro atoms. The summed E-state index contributed by atoms with van der Waals surface area (Å²) in [4.78, 5) is 4.11. The van der Waals surface area contributed by atoms with Gasteiger partial charge in [0.25, 0.3) is 0 Å². The van der Waals surface area contributed by atoms with Gasteiger partial charge in [-0.3, -0.25) is 0 Å². The van der Waals surface area contributed by atoms with Gasteiger partial charge in [0.15, 0.2) is 11.6 Å². The van der Waals surface area contributed by atoms with Gasteiger partial charge in [0, 0.05) is 18.8 Å². The van der Waals surface area contributed by atoms with Crippen molar-refractivity contribution in [1.29, 1.82) is 0 Å². The molecule has 0 aliphatic heterocycles. The van der Waals surface area contributed by atoms with Gasteiger partial charge in [-0.05, 0) is 25.1 Å². The number of para-hydroxylation sites is 1. The second-order valence-corrected chi connectivity index (χ2v) is 3.44. The highest BCUT2D eigenvalue weighted by molar-refractivity contribution is 5.42. The van der Waals surface area contributed by atoms with E-state index >= 15 is 0 Å². The average molecular weight is 232 g/mol. The lowest BCUT2D eigenvalue weighted by molar-refractivity contribution is 0.442. The van der Waals surface area contributed by atoms with Gasteiger partial charge in [0.2, 0.25) is 0 Å². The van der Waals surface area contributed by atoms with Gasteiger partial charge in [-0.15, -0.1) is 0 Å². The number of hydrogen-bond acceptors (Lipinski definition) is 3. The number of aromatic nitrogens is 1. The van der Waals surface area contributed by atoms with E-state index in [1.165, 1.54) is 6.07 Å². The summed E-state index contributed by atoms with van der Waals surface area (Å²) >= 11 is 0. The highest BCUT2D eigenvalue weighted by Gasteiger charge is 2.03. The molecule has 0 unspecified atom stereocenters. The average Bonchev–Trinajstić information content (AvgIpc) is 2.33. The van der Waals surface area contributed by atoms with Crippen molar-refractivity contribution in [2.75, 3.05) is 11.9 Å². The van der Waals surface area contributed by atoms with Gasteiger partial charge >= 0.3 is 0 Å². The molecule has 0 saturated heterocycles. The van der Waals surface area contributed by atoms with Crippen LogP contribution in [0.2, 0.25) is 0 Å². The zero-order valence-corrected chi connectivity index (χ0v) is 9.48. The fourth-order valence-corrected chi connectivity index (χ4v) is 1.41. The highest BCUT2D eigenvalue weighted by atomic mass is 19.1. The minimum atomic E-state index is -0.380. The molecule has 0 saturated carbocycles. The van der Waals surface area contributed by atoms with Crippen molar-refractivity contribution >= 4 is 5.82 Å².